The molecule has 12 heavy (non-hydrogen) atoms. The predicted molar refractivity (Wildman–Crippen MR) is 48.5 cm³/mol. The van der Waals surface area contributed by atoms with E-state index in [9.17, 15) is 0 Å². The summed E-state index contributed by atoms with van der Waals surface area (Å²) in [6, 6.07) is 1.84. The van der Waals surface area contributed by atoms with Gasteiger partial charge in [-0.05, 0) is 18.6 Å². The first-order chi connectivity index (χ1) is 5.74. The highest BCUT2D eigenvalue weighted by Gasteiger charge is 1.98. The van der Waals surface area contributed by atoms with Crippen LogP contribution in [0.5, 0.6) is 5.75 Å². The molecule has 0 saturated heterocycles. The van der Waals surface area contributed by atoms with Crippen molar-refractivity contribution in [3.63, 3.8) is 0 Å². The van der Waals surface area contributed by atoms with Crippen LogP contribution >= 0.6 is 11.6 Å². The van der Waals surface area contributed by atoms with Crippen LogP contribution < -0.4 is 10.5 Å². The van der Waals surface area contributed by atoms with Crippen molar-refractivity contribution in [2.45, 2.75) is 6.92 Å². The minimum absolute atomic E-state index is 0.502. The molecule has 2 N–H and O–H groups in total. The normalized spacial score (nSPS) is 9.92. The summed E-state index contributed by atoms with van der Waals surface area (Å²) in [6.45, 7) is 2.88. The van der Waals surface area contributed by atoms with Gasteiger partial charge >= 0.3 is 0 Å². The van der Waals surface area contributed by atoms with Gasteiger partial charge in [0, 0.05) is 6.54 Å². The van der Waals surface area contributed by atoms with Crippen molar-refractivity contribution in [2.75, 3.05) is 13.2 Å². The maximum absolute atomic E-state index is 5.72. The van der Waals surface area contributed by atoms with Gasteiger partial charge in [-0.1, -0.05) is 11.6 Å². The first-order valence-corrected chi connectivity index (χ1v) is 4.07. The Hall–Kier alpha value is -0.800. The van der Waals surface area contributed by atoms with Crippen LogP contribution in [0.2, 0.25) is 5.15 Å². The van der Waals surface area contributed by atoms with Crippen molar-refractivity contribution in [2.24, 2.45) is 5.73 Å². The molecule has 66 valence electrons. The van der Waals surface area contributed by atoms with E-state index in [0.717, 1.165) is 5.56 Å². The van der Waals surface area contributed by atoms with Crippen LogP contribution in [-0.2, 0) is 0 Å². The van der Waals surface area contributed by atoms with E-state index in [-0.39, 0.29) is 0 Å². The molecule has 1 aromatic rings. The van der Waals surface area contributed by atoms with Crippen molar-refractivity contribution in [1.82, 2.24) is 4.98 Å². The summed E-state index contributed by atoms with van der Waals surface area (Å²) in [4.78, 5) is 3.93. The highest BCUT2D eigenvalue weighted by atomic mass is 35.5. The third-order valence-corrected chi connectivity index (χ3v) is 1.77. The summed E-state index contributed by atoms with van der Waals surface area (Å²) in [5.74, 6) is 0.711. The highest BCUT2D eigenvalue weighted by molar-refractivity contribution is 6.30. The second-order valence-corrected chi connectivity index (χ2v) is 2.77. The lowest BCUT2D eigenvalue weighted by Gasteiger charge is -2.04. The number of aryl methyl sites for hydroxylation is 1. The number of hydrogen-bond acceptors (Lipinski definition) is 3. The average molecular weight is 187 g/mol. The van der Waals surface area contributed by atoms with E-state index in [1.165, 1.54) is 0 Å². The van der Waals surface area contributed by atoms with Gasteiger partial charge in [0.15, 0.2) is 0 Å². The Balaban J connectivity index is 2.69. The quantitative estimate of drug-likeness (QED) is 0.726. The Morgan fingerprint density at radius 3 is 3.00 bits per heavy atom. The minimum Gasteiger partial charge on any atom is -0.491 e. The minimum atomic E-state index is 0.502. The van der Waals surface area contributed by atoms with E-state index < -0.39 is 0 Å². The van der Waals surface area contributed by atoms with Crippen LogP contribution in [0.15, 0.2) is 12.3 Å². The van der Waals surface area contributed by atoms with E-state index >= 15 is 0 Å². The number of hydrogen-bond donors (Lipinski definition) is 1. The van der Waals surface area contributed by atoms with E-state index in [0.29, 0.717) is 24.1 Å². The maximum atomic E-state index is 5.72. The van der Waals surface area contributed by atoms with Gasteiger partial charge in [0.05, 0.1) is 6.20 Å². The third kappa shape index (κ3) is 2.36. The molecule has 0 unspecified atom stereocenters. The summed E-state index contributed by atoms with van der Waals surface area (Å²) in [5.41, 5.74) is 6.18. The number of halogens is 1. The molecule has 0 saturated carbocycles. The molecule has 0 radical (unpaired) electrons. The highest BCUT2D eigenvalue weighted by Crippen LogP contribution is 2.17. The summed E-state index contributed by atoms with van der Waals surface area (Å²) < 4.78 is 5.24. The first-order valence-electron chi connectivity index (χ1n) is 3.69. The Morgan fingerprint density at radius 1 is 1.67 bits per heavy atom. The largest absolute Gasteiger partial charge is 0.491 e. The van der Waals surface area contributed by atoms with E-state index in [1.807, 2.05) is 13.0 Å². The molecule has 0 amide bonds. The summed E-state index contributed by atoms with van der Waals surface area (Å²) in [6.07, 6.45) is 1.59. The van der Waals surface area contributed by atoms with Gasteiger partial charge in [-0.2, -0.15) is 0 Å². The molecular weight excluding hydrogens is 176 g/mol. The molecule has 0 spiro atoms. The number of pyridine rings is 1. The van der Waals surface area contributed by atoms with Gasteiger partial charge < -0.3 is 10.5 Å². The number of nitrogens with two attached hydrogens (primary N) is 1. The first kappa shape index (κ1) is 9.29. The molecule has 0 aromatic carbocycles. The lowest BCUT2D eigenvalue weighted by Crippen LogP contribution is -2.10. The van der Waals surface area contributed by atoms with Crippen LogP contribution in [-0.4, -0.2) is 18.1 Å². The predicted octanol–water partition coefficient (Wildman–Crippen LogP) is 1.38. The van der Waals surface area contributed by atoms with Gasteiger partial charge in [-0.3, -0.25) is 0 Å². The molecule has 3 nitrogen and oxygen atoms in total. The SMILES string of the molecule is Cc1cc(OCCN)cnc1Cl. The Labute approximate surface area is 76.5 Å². The van der Waals surface area contributed by atoms with Crippen LogP contribution in [0.25, 0.3) is 0 Å². The fourth-order valence-corrected chi connectivity index (χ4v) is 0.891. The zero-order valence-corrected chi connectivity index (χ0v) is 7.64. The standard InChI is InChI=1S/C8H11ClN2O/c1-6-4-7(12-3-2-10)5-11-8(6)9/h4-5H,2-3,10H2,1H3. The third-order valence-electron chi connectivity index (χ3n) is 1.38. The van der Waals surface area contributed by atoms with Crippen molar-refractivity contribution in [1.29, 1.82) is 0 Å². The number of ether oxygens (including phenoxy) is 1. The molecule has 1 heterocycles. The van der Waals surface area contributed by atoms with Crippen LogP contribution in [0.4, 0.5) is 0 Å². The maximum Gasteiger partial charge on any atom is 0.138 e. The smallest absolute Gasteiger partial charge is 0.138 e. The van der Waals surface area contributed by atoms with Gasteiger partial charge in [0.2, 0.25) is 0 Å². The van der Waals surface area contributed by atoms with Crippen LogP contribution in [0, 0.1) is 6.92 Å². The Kier molecular flexibility index (Phi) is 3.31. The zero-order valence-electron chi connectivity index (χ0n) is 6.88. The Bertz CT molecular complexity index is 265. The van der Waals surface area contributed by atoms with Crippen LogP contribution in [0.3, 0.4) is 0 Å². The molecule has 4 heteroatoms. The monoisotopic (exact) mass is 186 g/mol. The number of aromatic nitrogens is 1. The van der Waals surface area contributed by atoms with Gasteiger partial charge in [0.25, 0.3) is 0 Å². The molecule has 0 aliphatic heterocycles. The van der Waals surface area contributed by atoms with Crippen molar-refractivity contribution in [3.05, 3.63) is 23.0 Å². The summed E-state index contributed by atoms with van der Waals surface area (Å²) in [5, 5.41) is 0.509. The van der Waals surface area contributed by atoms with Gasteiger partial charge in [-0.15, -0.1) is 0 Å². The molecule has 0 bridgehead atoms. The molecule has 0 aliphatic carbocycles. The van der Waals surface area contributed by atoms with Gasteiger partial charge in [-0.25, -0.2) is 4.98 Å². The van der Waals surface area contributed by atoms with E-state index in [2.05, 4.69) is 4.98 Å². The topological polar surface area (TPSA) is 48.1 Å². The zero-order chi connectivity index (χ0) is 8.97. The molecule has 1 rings (SSSR count). The van der Waals surface area contributed by atoms with E-state index in [1.54, 1.807) is 6.20 Å². The van der Waals surface area contributed by atoms with Crippen molar-refractivity contribution in [3.8, 4) is 5.75 Å². The molecule has 0 aliphatic rings. The fourth-order valence-electron chi connectivity index (χ4n) is 0.788. The molecular formula is C8H11ClN2O. The number of nitrogens with zero attached hydrogens (tertiary/aromatic N) is 1. The lowest BCUT2D eigenvalue weighted by molar-refractivity contribution is 0.327. The summed E-state index contributed by atoms with van der Waals surface area (Å²) >= 11 is 5.72. The van der Waals surface area contributed by atoms with Crippen molar-refractivity contribution < 1.29 is 4.74 Å². The number of rotatable bonds is 3. The summed E-state index contributed by atoms with van der Waals surface area (Å²) in [7, 11) is 0. The second-order valence-electron chi connectivity index (χ2n) is 2.42. The lowest BCUT2D eigenvalue weighted by atomic mass is 10.3. The van der Waals surface area contributed by atoms with Gasteiger partial charge in [0.1, 0.15) is 17.5 Å². The van der Waals surface area contributed by atoms with E-state index in [4.69, 9.17) is 22.1 Å². The fraction of sp³-hybridized carbons (Fsp3) is 0.375. The second kappa shape index (κ2) is 4.28. The van der Waals surface area contributed by atoms with Crippen molar-refractivity contribution >= 4 is 11.6 Å². The van der Waals surface area contributed by atoms with Crippen LogP contribution in [0.1, 0.15) is 5.56 Å². The Morgan fingerprint density at radius 2 is 2.42 bits per heavy atom. The molecule has 0 atom stereocenters. The average Bonchev–Trinajstić information content (AvgIpc) is 2.07. The molecule has 0 fully saturated rings. The molecule has 1 aromatic heterocycles.